The maximum absolute atomic E-state index is 6.41. The van der Waals surface area contributed by atoms with Crippen LogP contribution in [0.5, 0.6) is 0 Å². The summed E-state index contributed by atoms with van der Waals surface area (Å²) in [5.41, 5.74) is 11.3. The zero-order valence-corrected chi connectivity index (χ0v) is 30.5. The number of fused-ring (bicyclic) bond motifs is 10. The van der Waals surface area contributed by atoms with Crippen LogP contribution in [0.3, 0.4) is 0 Å². The SMILES string of the molecule is c1ccc(-c2nc(-c3ccccc3)nc(-c3ccc(-n4c5ccccc5c5cc6c7ccc8oc9ccccc9c8c7n(-c7ccccc7)c6cc54)cc3)n2)cc1. The van der Waals surface area contributed by atoms with Gasteiger partial charge >= 0.3 is 0 Å². The Bertz CT molecular complexity index is 3430. The molecule has 0 aliphatic heterocycles. The molecule has 6 heteroatoms. The third kappa shape index (κ3) is 4.87. The average Bonchev–Trinajstić information content (AvgIpc) is 3.93. The second kappa shape index (κ2) is 12.3. The van der Waals surface area contributed by atoms with Crippen molar-refractivity contribution in [3.8, 4) is 45.5 Å². The first-order valence-corrected chi connectivity index (χ1v) is 19.1. The fraction of sp³-hybridized carbons (Fsp3) is 0. The van der Waals surface area contributed by atoms with Crippen LogP contribution in [0.1, 0.15) is 0 Å². The first-order valence-electron chi connectivity index (χ1n) is 19.1. The van der Waals surface area contributed by atoms with E-state index in [0.717, 1.165) is 72.1 Å². The molecule has 0 amide bonds. The number of hydrogen-bond acceptors (Lipinski definition) is 4. The second-order valence-electron chi connectivity index (χ2n) is 14.4. The predicted octanol–water partition coefficient (Wildman–Crippen LogP) is 13.0. The van der Waals surface area contributed by atoms with Crippen LogP contribution < -0.4 is 0 Å². The van der Waals surface area contributed by atoms with Crippen molar-refractivity contribution in [1.82, 2.24) is 24.1 Å². The molecule has 0 atom stereocenters. The van der Waals surface area contributed by atoms with Crippen molar-refractivity contribution in [3.05, 3.63) is 188 Å². The zero-order valence-electron chi connectivity index (χ0n) is 30.5. The Morgan fingerprint density at radius 3 is 1.54 bits per heavy atom. The Morgan fingerprint density at radius 1 is 0.333 bits per heavy atom. The van der Waals surface area contributed by atoms with Crippen molar-refractivity contribution in [2.75, 3.05) is 0 Å². The molecule has 0 radical (unpaired) electrons. The van der Waals surface area contributed by atoms with Crippen LogP contribution in [0, 0.1) is 0 Å². The van der Waals surface area contributed by atoms with Gasteiger partial charge in [-0.1, -0.05) is 115 Å². The van der Waals surface area contributed by atoms with Crippen LogP contribution in [-0.2, 0) is 0 Å². The Hall–Kier alpha value is -7.83. The normalized spacial score (nSPS) is 11.9. The fourth-order valence-corrected chi connectivity index (χ4v) is 8.59. The molecule has 0 bridgehead atoms. The first-order chi connectivity index (χ1) is 28.3. The Balaban J connectivity index is 1.09. The predicted molar refractivity (Wildman–Crippen MR) is 232 cm³/mol. The molecule has 0 spiro atoms. The van der Waals surface area contributed by atoms with Crippen molar-refractivity contribution >= 4 is 65.6 Å². The smallest absolute Gasteiger partial charge is 0.164 e. The molecule has 4 aromatic heterocycles. The largest absolute Gasteiger partial charge is 0.456 e. The van der Waals surface area contributed by atoms with E-state index in [9.17, 15) is 0 Å². The molecule has 0 unspecified atom stereocenters. The van der Waals surface area contributed by atoms with Gasteiger partial charge in [0, 0.05) is 55.0 Å². The zero-order chi connectivity index (χ0) is 37.5. The molecule has 4 heterocycles. The summed E-state index contributed by atoms with van der Waals surface area (Å²) in [5, 5.41) is 7.03. The van der Waals surface area contributed by atoms with Crippen molar-refractivity contribution in [3.63, 3.8) is 0 Å². The van der Waals surface area contributed by atoms with Gasteiger partial charge in [-0.05, 0) is 72.8 Å². The quantitative estimate of drug-likeness (QED) is 0.177. The van der Waals surface area contributed by atoms with Crippen LogP contribution >= 0.6 is 0 Å². The molecule has 12 rings (SSSR count). The average molecular weight is 730 g/mol. The minimum absolute atomic E-state index is 0.628. The van der Waals surface area contributed by atoms with Crippen LogP contribution in [-0.4, -0.2) is 24.1 Å². The van der Waals surface area contributed by atoms with Gasteiger partial charge in [-0.15, -0.1) is 0 Å². The summed E-state index contributed by atoms with van der Waals surface area (Å²) in [5.74, 6) is 1.91. The van der Waals surface area contributed by atoms with Gasteiger partial charge < -0.3 is 13.6 Å². The first kappa shape index (κ1) is 31.5. The van der Waals surface area contributed by atoms with Gasteiger partial charge in [-0.2, -0.15) is 0 Å². The van der Waals surface area contributed by atoms with Crippen LogP contribution in [0.15, 0.2) is 192 Å². The van der Waals surface area contributed by atoms with E-state index < -0.39 is 0 Å². The van der Waals surface area contributed by atoms with E-state index >= 15 is 0 Å². The van der Waals surface area contributed by atoms with Gasteiger partial charge in [-0.3, -0.25) is 0 Å². The highest BCUT2D eigenvalue weighted by Crippen LogP contribution is 2.44. The summed E-state index contributed by atoms with van der Waals surface area (Å²) in [6, 6.07) is 65.5. The number of para-hydroxylation sites is 3. The minimum Gasteiger partial charge on any atom is -0.456 e. The van der Waals surface area contributed by atoms with Gasteiger partial charge in [0.2, 0.25) is 0 Å². The Morgan fingerprint density at radius 2 is 0.860 bits per heavy atom. The molecule has 0 saturated heterocycles. The molecule has 0 aliphatic rings. The highest BCUT2D eigenvalue weighted by atomic mass is 16.3. The summed E-state index contributed by atoms with van der Waals surface area (Å²) in [7, 11) is 0. The summed E-state index contributed by atoms with van der Waals surface area (Å²) in [6.45, 7) is 0. The van der Waals surface area contributed by atoms with Crippen molar-refractivity contribution in [2.45, 2.75) is 0 Å². The van der Waals surface area contributed by atoms with E-state index in [4.69, 9.17) is 19.4 Å². The van der Waals surface area contributed by atoms with Gasteiger partial charge in [0.25, 0.3) is 0 Å². The molecule has 0 saturated carbocycles. The lowest BCUT2D eigenvalue weighted by molar-refractivity contribution is 0.669. The van der Waals surface area contributed by atoms with Crippen LogP contribution in [0.2, 0.25) is 0 Å². The minimum atomic E-state index is 0.628. The Labute approximate surface area is 326 Å². The van der Waals surface area contributed by atoms with E-state index in [1.807, 2.05) is 66.7 Å². The molecule has 57 heavy (non-hydrogen) atoms. The third-order valence-corrected chi connectivity index (χ3v) is 11.2. The van der Waals surface area contributed by atoms with Crippen LogP contribution in [0.4, 0.5) is 0 Å². The molecule has 266 valence electrons. The summed E-state index contributed by atoms with van der Waals surface area (Å²) in [4.78, 5) is 14.9. The number of aromatic nitrogens is 5. The molecule has 0 aliphatic carbocycles. The summed E-state index contributed by atoms with van der Waals surface area (Å²) in [6.07, 6.45) is 0. The van der Waals surface area contributed by atoms with E-state index in [1.165, 1.54) is 21.5 Å². The highest BCUT2D eigenvalue weighted by molar-refractivity contribution is 6.27. The van der Waals surface area contributed by atoms with Crippen molar-refractivity contribution < 1.29 is 4.42 Å². The Kier molecular flexibility index (Phi) is 6.83. The van der Waals surface area contributed by atoms with Crippen molar-refractivity contribution in [1.29, 1.82) is 0 Å². The van der Waals surface area contributed by atoms with E-state index in [0.29, 0.717) is 17.5 Å². The summed E-state index contributed by atoms with van der Waals surface area (Å²) < 4.78 is 11.2. The molecule has 0 N–H and O–H groups in total. The van der Waals surface area contributed by atoms with Crippen molar-refractivity contribution in [2.24, 2.45) is 0 Å². The number of nitrogens with zero attached hydrogens (tertiary/aromatic N) is 5. The second-order valence-corrected chi connectivity index (χ2v) is 14.4. The monoisotopic (exact) mass is 729 g/mol. The molecular formula is C51H31N5O. The fourth-order valence-electron chi connectivity index (χ4n) is 8.59. The molecule has 8 aromatic carbocycles. The molecule has 0 fully saturated rings. The lowest BCUT2D eigenvalue weighted by Crippen LogP contribution is -2.00. The standard InChI is InChI=1S/C51H31N5O/c1-4-14-32(15-5-1)49-52-50(33-16-6-2-7-17-33)54-51(53-49)34-24-26-36(27-25-34)55-42-22-12-10-20-37(42)40-30-41-38-28-29-46-47(39-21-11-13-23-45(39)57-46)48(38)56(44(41)31-43(40)55)35-18-8-3-9-19-35/h1-31H. The molecule has 6 nitrogen and oxygen atoms in total. The number of hydrogen-bond donors (Lipinski definition) is 0. The van der Waals surface area contributed by atoms with E-state index in [2.05, 4.69) is 130 Å². The third-order valence-electron chi connectivity index (χ3n) is 11.2. The maximum Gasteiger partial charge on any atom is 0.164 e. The number of rotatable bonds is 5. The van der Waals surface area contributed by atoms with Crippen LogP contribution in [0.25, 0.3) is 111 Å². The molecule has 12 aromatic rings. The topological polar surface area (TPSA) is 61.7 Å². The molecular weight excluding hydrogens is 699 g/mol. The number of furan rings is 1. The lowest BCUT2D eigenvalue weighted by Gasteiger charge is -2.11. The lowest BCUT2D eigenvalue weighted by atomic mass is 10.1. The summed E-state index contributed by atoms with van der Waals surface area (Å²) >= 11 is 0. The maximum atomic E-state index is 6.41. The number of benzene rings is 8. The van der Waals surface area contributed by atoms with Gasteiger partial charge in [0.05, 0.1) is 27.5 Å². The van der Waals surface area contributed by atoms with Gasteiger partial charge in [-0.25, -0.2) is 15.0 Å². The van der Waals surface area contributed by atoms with E-state index in [-0.39, 0.29) is 0 Å². The van der Waals surface area contributed by atoms with Gasteiger partial charge in [0.15, 0.2) is 17.5 Å². The van der Waals surface area contributed by atoms with Gasteiger partial charge in [0.1, 0.15) is 11.2 Å². The van der Waals surface area contributed by atoms with E-state index in [1.54, 1.807) is 0 Å². The highest BCUT2D eigenvalue weighted by Gasteiger charge is 2.22.